The summed E-state index contributed by atoms with van der Waals surface area (Å²) >= 11 is 0. The molecule has 0 amide bonds. The van der Waals surface area contributed by atoms with Crippen LogP contribution in [-0.2, 0) is 22.4 Å². The zero-order valence-corrected chi connectivity index (χ0v) is 12.5. The molecule has 0 fully saturated rings. The van der Waals surface area contributed by atoms with Crippen molar-refractivity contribution in [3.8, 4) is 11.1 Å². The van der Waals surface area contributed by atoms with Crippen LogP contribution in [0.5, 0.6) is 0 Å². The van der Waals surface area contributed by atoms with Crippen LogP contribution in [0.1, 0.15) is 18.1 Å². The Kier molecular flexibility index (Phi) is 5.12. The highest BCUT2D eigenvalue weighted by Gasteiger charge is 2.13. The zero-order valence-electron chi connectivity index (χ0n) is 12.5. The SMILES string of the molecule is CCc1ccc(-c2ccc(C[C@@H](N)C(=O)OC)cc2)cc1. The Hall–Kier alpha value is -2.13. The molecule has 0 aliphatic carbocycles. The van der Waals surface area contributed by atoms with Crippen molar-refractivity contribution in [1.82, 2.24) is 0 Å². The summed E-state index contributed by atoms with van der Waals surface area (Å²) in [7, 11) is 1.35. The lowest BCUT2D eigenvalue weighted by Gasteiger charge is -2.10. The first-order chi connectivity index (χ1) is 10.1. The standard InChI is InChI=1S/C18H21NO2/c1-3-13-4-8-15(9-5-13)16-10-6-14(7-11-16)12-17(19)18(20)21-2/h4-11,17H,3,12,19H2,1-2H3/t17-/m1/s1. The highest BCUT2D eigenvalue weighted by atomic mass is 16.5. The van der Waals surface area contributed by atoms with Gasteiger partial charge in [-0.25, -0.2) is 0 Å². The van der Waals surface area contributed by atoms with Crippen molar-refractivity contribution in [3.05, 3.63) is 59.7 Å². The molecule has 0 unspecified atom stereocenters. The maximum atomic E-state index is 11.3. The number of ether oxygens (including phenoxy) is 1. The topological polar surface area (TPSA) is 52.3 Å². The number of nitrogens with two attached hydrogens (primary N) is 1. The number of hydrogen-bond donors (Lipinski definition) is 1. The molecule has 110 valence electrons. The second kappa shape index (κ2) is 7.04. The highest BCUT2D eigenvalue weighted by molar-refractivity contribution is 5.75. The van der Waals surface area contributed by atoms with Gasteiger partial charge in [0, 0.05) is 0 Å². The van der Waals surface area contributed by atoms with Crippen LogP contribution in [-0.4, -0.2) is 19.1 Å². The number of hydrogen-bond acceptors (Lipinski definition) is 3. The van der Waals surface area contributed by atoms with Gasteiger partial charge >= 0.3 is 5.97 Å². The summed E-state index contributed by atoms with van der Waals surface area (Å²) in [5.74, 6) is -0.380. The minimum absolute atomic E-state index is 0.380. The minimum Gasteiger partial charge on any atom is -0.468 e. The van der Waals surface area contributed by atoms with Gasteiger partial charge < -0.3 is 10.5 Å². The van der Waals surface area contributed by atoms with E-state index in [1.807, 2.05) is 12.1 Å². The highest BCUT2D eigenvalue weighted by Crippen LogP contribution is 2.21. The van der Waals surface area contributed by atoms with Crippen LogP contribution in [0.3, 0.4) is 0 Å². The average Bonchev–Trinajstić information content (AvgIpc) is 2.55. The second-order valence-corrected chi connectivity index (χ2v) is 5.08. The molecule has 1 atom stereocenters. The van der Waals surface area contributed by atoms with E-state index in [1.165, 1.54) is 18.2 Å². The monoisotopic (exact) mass is 283 g/mol. The average molecular weight is 283 g/mol. The lowest BCUT2D eigenvalue weighted by molar-refractivity contribution is -0.142. The van der Waals surface area contributed by atoms with E-state index in [0.717, 1.165) is 17.5 Å². The molecule has 0 aromatic heterocycles. The molecule has 2 rings (SSSR count). The maximum Gasteiger partial charge on any atom is 0.322 e. The van der Waals surface area contributed by atoms with Crippen molar-refractivity contribution in [3.63, 3.8) is 0 Å². The normalized spacial score (nSPS) is 12.0. The van der Waals surface area contributed by atoms with Crippen LogP contribution in [0, 0.1) is 0 Å². The number of methoxy groups -OCH3 is 1. The molecular formula is C18H21NO2. The predicted molar refractivity (Wildman–Crippen MR) is 85.0 cm³/mol. The summed E-state index contributed by atoms with van der Waals surface area (Å²) in [6.07, 6.45) is 1.53. The third-order valence-electron chi connectivity index (χ3n) is 3.61. The molecule has 0 heterocycles. The van der Waals surface area contributed by atoms with Crippen LogP contribution < -0.4 is 5.73 Å². The van der Waals surface area contributed by atoms with Crippen LogP contribution in [0.25, 0.3) is 11.1 Å². The molecule has 2 aromatic rings. The fourth-order valence-electron chi connectivity index (χ4n) is 2.25. The molecule has 3 nitrogen and oxygen atoms in total. The Bertz CT molecular complexity index is 588. The Morgan fingerprint density at radius 3 is 1.90 bits per heavy atom. The van der Waals surface area contributed by atoms with Crippen molar-refractivity contribution in [1.29, 1.82) is 0 Å². The van der Waals surface area contributed by atoms with Gasteiger partial charge in [-0.2, -0.15) is 0 Å². The first-order valence-electron chi connectivity index (χ1n) is 7.15. The Balaban J connectivity index is 2.09. The van der Waals surface area contributed by atoms with E-state index in [4.69, 9.17) is 5.73 Å². The molecule has 0 saturated heterocycles. The molecule has 0 spiro atoms. The Labute approximate surface area is 125 Å². The van der Waals surface area contributed by atoms with Gasteiger partial charge in [0.25, 0.3) is 0 Å². The predicted octanol–water partition coefficient (Wildman–Crippen LogP) is 2.96. The second-order valence-electron chi connectivity index (χ2n) is 5.08. The van der Waals surface area contributed by atoms with Gasteiger partial charge in [0.05, 0.1) is 7.11 Å². The molecule has 2 aromatic carbocycles. The third kappa shape index (κ3) is 3.92. The minimum atomic E-state index is -0.607. The van der Waals surface area contributed by atoms with E-state index in [0.29, 0.717) is 6.42 Å². The zero-order chi connectivity index (χ0) is 15.2. The van der Waals surface area contributed by atoms with Crippen LogP contribution in [0.15, 0.2) is 48.5 Å². The van der Waals surface area contributed by atoms with Gasteiger partial charge in [0.15, 0.2) is 0 Å². The van der Waals surface area contributed by atoms with Crippen molar-refractivity contribution in [2.45, 2.75) is 25.8 Å². The molecule has 0 aliphatic rings. The summed E-state index contributed by atoms with van der Waals surface area (Å²) < 4.78 is 4.64. The fraction of sp³-hybridized carbons (Fsp3) is 0.278. The summed E-state index contributed by atoms with van der Waals surface area (Å²) in [6.45, 7) is 2.15. The largest absolute Gasteiger partial charge is 0.468 e. The smallest absolute Gasteiger partial charge is 0.322 e. The van der Waals surface area contributed by atoms with E-state index in [9.17, 15) is 4.79 Å². The number of esters is 1. The van der Waals surface area contributed by atoms with Gasteiger partial charge in [-0.05, 0) is 35.1 Å². The van der Waals surface area contributed by atoms with Crippen molar-refractivity contribution >= 4 is 5.97 Å². The summed E-state index contributed by atoms with van der Waals surface area (Å²) in [6, 6.07) is 16.1. The van der Waals surface area contributed by atoms with Crippen LogP contribution in [0.4, 0.5) is 0 Å². The first kappa shape index (κ1) is 15.3. The molecule has 0 bridgehead atoms. The molecular weight excluding hydrogens is 262 g/mol. The van der Waals surface area contributed by atoms with Crippen LogP contribution in [0.2, 0.25) is 0 Å². The van der Waals surface area contributed by atoms with Crippen molar-refractivity contribution in [2.24, 2.45) is 5.73 Å². The number of rotatable bonds is 5. The quantitative estimate of drug-likeness (QED) is 0.858. The molecule has 0 aliphatic heterocycles. The molecule has 2 N–H and O–H groups in total. The molecule has 3 heteroatoms. The number of aryl methyl sites for hydroxylation is 1. The number of carbonyl (C=O) groups is 1. The molecule has 0 radical (unpaired) electrons. The van der Waals surface area contributed by atoms with Crippen molar-refractivity contribution < 1.29 is 9.53 Å². The van der Waals surface area contributed by atoms with Crippen LogP contribution >= 0.6 is 0 Å². The van der Waals surface area contributed by atoms with Crippen molar-refractivity contribution in [2.75, 3.05) is 7.11 Å². The summed E-state index contributed by atoms with van der Waals surface area (Å²) in [5.41, 5.74) is 10.5. The summed E-state index contributed by atoms with van der Waals surface area (Å²) in [5, 5.41) is 0. The van der Waals surface area contributed by atoms with E-state index < -0.39 is 6.04 Å². The third-order valence-corrected chi connectivity index (χ3v) is 3.61. The Morgan fingerprint density at radius 2 is 1.48 bits per heavy atom. The number of benzene rings is 2. The molecule has 21 heavy (non-hydrogen) atoms. The molecule has 0 saturated carbocycles. The maximum absolute atomic E-state index is 11.3. The van der Waals surface area contributed by atoms with E-state index in [2.05, 4.69) is 48.1 Å². The van der Waals surface area contributed by atoms with E-state index >= 15 is 0 Å². The van der Waals surface area contributed by atoms with E-state index in [-0.39, 0.29) is 5.97 Å². The van der Waals surface area contributed by atoms with E-state index in [1.54, 1.807) is 0 Å². The lowest BCUT2D eigenvalue weighted by Crippen LogP contribution is -2.33. The first-order valence-corrected chi connectivity index (χ1v) is 7.15. The van der Waals surface area contributed by atoms with Gasteiger partial charge in [-0.1, -0.05) is 55.5 Å². The Morgan fingerprint density at radius 1 is 1.00 bits per heavy atom. The number of carbonyl (C=O) groups excluding carboxylic acids is 1. The lowest BCUT2D eigenvalue weighted by atomic mass is 10.00. The van der Waals surface area contributed by atoms with Gasteiger partial charge in [0.1, 0.15) is 6.04 Å². The van der Waals surface area contributed by atoms with Gasteiger partial charge in [0.2, 0.25) is 0 Å². The fourth-order valence-corrected chi connectivity index (χ4v) is 2.25. The van der Waals surface area contributed by atoms with Gasteiger partial charge in [-0.15, -0.1) is 0 Å². The van der Waals surface area contributed by atoms with Gasteiger partial charge in [-0.3, -0.25) is 4.79 Å². The summed E-state index contributed by atoms with van der Waals surface area (Å²) in [4.78, 5) is 11.3.